The van der Waals surface area contributed by atoms with E-state index in [1.54, 1.807) is 0 Å². The molecule has 2 fully saturated rings. The van der Waals surface area contributed by atoms with Crippen LogP contribution in [-0.2, 0) is 4.79 Å². The first-order valence-electron chi connectivity index (χ1n) is 7.48. The molecule has 0 aromatic heterocycles. The third kappa shape index (κ3) is 4.16. The lowest BCUT2D eigenvalue weighted by molar-refractivity contribution is -0.138. The number of nitrogens with zero attached hydrogens (tertiary/aromatic N) is 3. The van der Waals surface area contributed by atoms with Crippen molar-refractivity contribution in [3.63, 3.8) is 0 Å². The zero-order valence-corrected chi connectivity index (χ0v) is 12.2. The highest BCUT2D eigenvalue weighted by Crippen LogP contribution is 2.22. The van der Waals surface area contributed by atoms with Gasteiger partial charge in [-0.2, -0.15) is 0 Å². The van der Waals surface area contributed by atoms with Crippen molar-refractivity contribution in [2.45, 2.75) is 38.8 Å². The summed E-state index contributed by atoms with van der Waals surface area (Å²) in [5.41, 5.74) is 0. The van der Waals surface area contributed by atoms with Crippen LogP contribution in [0.2, 0.25) is 0 Å². The van der Waals surface area contributed by atoms with Gasteiger partial charge in [0.25, 0.3) is 0 Å². The summed E-state index contributed by atoms with van der Waals surface area (Å²) in [6.45, 7) is 10.9. The number of carbonyl (C=O) groups is 1. The Bertz CT molecular complexity index is 293. The van der Waals surface area contributed by atoms with Crippen LogP contribution >= 0.6 is 0 Å². The highest BCUT2D eigenvalue weighted by atomic mass is 16.4. The molecule has 0 saturated carbocycles. The van der Waals surface area contributed by atoms with Gasteiger partial charge in [-0.25, -0.2) is 0 Å². The Morgan fingerprint density at radius 1 is 1.00 bits per heavy atom. The maximum Gasteiger partial charge on any atom is 0.317 e. The fourth-order valence-electron chi connectivity index (χ4n) is 3.31. The molecule has 0 radical (unpaired) electrons. The smallest absolute Gasteiger partial charge is 0.317 e. The highest BCUT2D eigenvalue weighted by Gasteiger charge is 2.27. The first kappa shape index (κ1) is 14.8. The predicted molar refractivity (Wildman–Crippen MR) is 75.4 cm³/mol. The Kier molecular flexibility index (Phi) is 5.19. The predicted octanol–water partition coefficient (Wildman–Crippen LogP) is 0.561. The van der Waals surface area contributed by atoms with E-state index in [1.807, 2.05) is 4.90 Å². The molecule has 0 spiro atoms. The summed E-state index contributed by atoms with van der Waals surface area (Å²) in [5, 5.41) is 8.77. The molecule has 2 rings (SSSR count). The minimum absolute atomic E-state index is 0.189. The molecule has 2 aliphatic heterocycles. The van der Waals surface area contributed by atoms with Crippen LogP contribution < -0.4 is 0 Å². The van der Waals surface area contributed by atoms with E-state index >= 15 is 0 Å². The van der Waals surface area contributed by atoms with Gasteiger partial charge in [-0.3, -0.25) is 19.5 Å². The molecule has 1 N–H and O–H groups in total. The Morgan fingerprint density at radius 2 is 1.53 bits per heavy atom. The summed E-state index contributed by atoms with van der Waals surface area (Å²) >= 11 is 0. The van der Waals surface area contributed by atoms with E-state index in [4.69, 9.17) is 5.11 Å². The van der Waals surface area contributed by atoms with Crippen molar-refractivity contribution in [3.05, 3.63) is 0 Å². The number of carboxylic acid groups (broad SMARTS) is 1. The molecule has 0 unspecified atom stereocenters. The number of hydrogen-bond donors (Lipinski definition) is 1. The summed E-state index contributed by atoms with van der Waals surface area (Å²) in [7, 11) is 0. The Hall–Kier alpha value is -0.650. The van der Waals surface area contributed by atoms with Crippen molar-refractivity contribution in [3.8, 4) is 0 Å². The van der Waals surface area contributed by atoms with Gasteiger partial charge in [-0.15, -0.1) is 0 Å². The molecule has 0 amide bonds. The van der Waals surface area contributed by atoms with Crippen molar-refractivity contribution < 1.29 is 9.90 Å². The van der Waals surface area contributed by atoms with Gasteiger partial charge in [-0.1, -0.05) is 0 Å². The number of carboxylic acids is 1. The number of likely N-dealkylation sites (tertiary alicyclic amines) is 1. The van der Waals surface area contributed by atoms with Crippen LogP contribution in [0.15, 0.2) is 0 Å². The third-order valence-electron chi connectivity index (χ3n) is 4.63. The van der Waals surface area contributed by atoms with Crippen LogP contribution in [0, 0.1) is 0 Å². The van der Waals surface area contributed by atoms with E-state index in [0.29, 0.717) is 0 Å². The van der Waals surface area contributed by atoms with Crippen LogP contribution in [0.4, 0.5) is 0 Å². The zero-order chi connectivity index (χ0) is 13.8. The first-order chi connectivity index (χ1) is 9.06. The number of hydrogen-bond acceptors (Lipinski definition) is 4. The number of aliphatic carboxylic acids is 1. The van der Waals surface area contributed by atoms with Gasteiger partial charge in [0.05, 0.1) is 6.54 Å². The Labute approximate surface area is 116 Å². The van der Waals surface area contributed by atoms with Crippen LogP contribution in [0.1, 0.15) is 26.7 Å². The molecular weight excluding hydrogens is 242 g/mol. The lowest BCUT2D eigenvalue weighted by atomic mass is 10.2. The second kappa shape index (κ2) is 6.68. The minimum Gasteiger partial charge on any atom is -0.480 e. The Morgan fingerprint density at radius 3 is 2.05 bits per heavy atom. The van der Waals surface area contributed by atoms with Gasteiger partial charge in [0, 0.05) is 51.4 Å². The van der Waals surface area contributed by atoms with Gasteiger partial charge in [0.1, 0.15) is 0 Å². The molecule has 5 nitrogen and oxygen atoms in total. The van der Waals surface area contributed by atoms with Crippen molar-refractivity contribution >= 4 is 5.97 Å². The molecular formula is C14H27N3O2. The molecule has 2 heterocycles. The van der Waals surface area contributed by atoms with E-state index in [0.717, 1.165) is 51.4 Å². The van der Waals surface area contributed by atoms with Gasteiger partial charge in [0.15, 0.2) is 0 Å². The van der Waals surface area contributed by atoms with Gasteiger partial charge in [0.2, 0.25) is 0 Å². The van der Waals surface area contributed by atoms with Crippen LogP contribution in [0.3, 0.4) is 0 Å². The molecule has 110 valence electrons. The van der Waals surface area contributed by atoms with E-state index in [1.165, 1.54) is 12.8 Å². The molecule has 0 aliphatic carbocycles. The average molecular weight is 269 g/mol. The first-order valence-corrected chi connectivity index (χ1v) is 7.48. The van der Waals surface area contributed by atoms with Gasteiger partial charge < -0.3 is 5.11 Å². The lowest BCUT2D eigenvalue weighted by Gasteiger charge is -2.35. The topological polar surface area (TPSA) is 47.0 Å². The van der Waals surface area contributed by atoms with Gasteiger partial charge >= 0.3 is 5.97 Å². The molecule has 2 saturated heterocycles. The maximum absolute atomic E-state index is 10.7. The quantitative estimate of drug-likeness (QED) is 0.790. The van der Waals surface area contributed by atoms with Crippen molar-refractivity contribution in [1.82, 2.24) is 14.7 Å². The van der Waals surface area contributed by atoms with Gasteiger partial charge in [-0.05, 0) is 26.7 Å². The second-order valence-electron chi connectivity index (χ2n) is 6.02. The summed E-state index contributed by atoms with van der Waals surface area (Å²) in [6.07, 6.45) is 2.65. The molecule has 0 bridgehead atoms. The molecule has 2 atom stereocenters. The molecule has 19 heavy (non-hydrogen) atoms. The maximum atomic E-state index is 10.7. The largest absolute Gasteiger partial charge is 0.480 e. The normalized spacial score (nSPS) is 30.8. The fraction of sp³-hybridized carbons (Fsp3) is 0.929. The van der Waals surface area contributed by atoms with E-state index in [9.17, 15) is 4.79 Å². The molecule has 0 aromatic rings. The van der Waals surface area contributed by atoms with Crippen LogP contribution in [-0.4, -0.2) is 83.7 Å². The fourth-order valence-corrected chi connectivity index (χ4v) is 3.31. The lowest BCUT2D eigenvalue weighted by Crippen LogP contribution is -2.50. The summed E-state index contributed by atoms with van der Waals surface area (Å²) < 4.78 is 0. The average Bonchev–Trinajstić information content (AvgIpc) is 2.68. The second-order valence-corrected chi connectivity index (χ2v) is 6.02. The SMILES string of the molecule is C[C@@H]1CC[C@@H](C)N1CCN1CCN(CC(=O)O)CC1. The highest BCUT2D eigenvalue weighted by molar-refractivity contribution is 5.69. The van der Waals surface area contributed by atoms with Crippen LogP contribution in [0.5, 0.6) is 0 Å². The van der Waals surface area contributed by atoms with Crippen molar-refractivity contribution in [2.24, 2.45) is 0 Å². The van der Waals surface area contributed by atoms with Crippen LogP contribution in [0.25, 0.3) is 0 Å². The number of piperazine rings is 1. The minimum atomic E-state index is -0.715. The molecule has 2 aliphatic rings. The zero-order valence-electron chi connectivity index (χ0n) is 12.2. The van der Waals surface area contributed by atoms with Crippen molar-refractivity contribution in [1.29, 1.82) is 0 Å². The third-order valence-corrected chi connectivity index (χ3v) is 4.63. The van der Waals surface area contributed by atoms with E-state index < -0.39 is 5.97 Å². The van der Waals surface area contributed by atoms with E-state index in [-0.39, 0.29) is 6.54 Å². The molecule has 5 heteroatoms. The monoisotopic (exact) mass is 269 g/mol. The molecule has 0 aromatic carbocycles. The Balaban J connectivity index is 1.67. The van der Waals surface area contributed by atoms with E-state index in [2.05, 4.69) is 23.6 Å². The number of rotatable bonds is 5. The van der Waals surface area contributed by atoms with Crippen molar-refractivity contribution in [2.75, 3.05) is 45.8 Å². The standard InChI is InChI=1S/C14H27N3O2/c1-12-3-4-13(2)17(12)10-9-15-5-7-16(8-6-15)11-14(18)19/h12-13H,3-11H2,1-2H3,(H,18,19)/t12-,13-/m1/s1. The summed E-state index contributed by atoms with van der Waals surface area (Å²) in [5.74, 6) is -0.715. The summed E-state index contributed by atoms with van der Waals surface area (Å²) in [4.78, 5) is 17.8. The summed E-state index contributed by atoms with van der Waals surface area (Å²) in [6, 6.07) is 1.45.